The molecule has 1 fully saturated rings. The molecule has 7 heteroatoms. The average molecular weight is 235 g/mol. The van der Waals surface area contributed by atoms with Crippen LogP contribution >= 0.6 is 0 Å². The summed E-state index contributed by atoms with van der Waals surface area (Å²) in [5.41, 5.74) is 0.799. The van der Waals surface area contributed by atoms with Gasteiger partial charge in [0.1, 0.15) is 11.8 Å². The Bertz CT molecular complexity index is 500. The van der Waals surface area contributed by atoms with E-state index in [1.165, 1.54) is 0 Å². The number of nitrogens with one attached hydrogen (secondary N) is 1. The zero-order valence-corrected chi connectivity index (χ0v) is 9.46. The zero-order valence-electron chi connectivity index (χ0n) is 9.46. The lowest BCUT2D eigenvalue weighted by molar-refractivity contribution is 0.0208. The molecule has 7 nitrogen and oxygen atoms in total. The Labute approximate surface area is 97.8 Å². The second kappa shape index (κ2) is 4.27. The Morgan fingerprint density at radius 2 is 2.47 bits per heavy atom. The summed E-state index contributed by atoms with van der Waals surface area (Å²) >= 11 is 0. The van der Waals surface area contributed by atoms with E-state index in [9.17, 15) is 0 Å². The van der Waals surface area contributed by atoms with Crippen molar-refractivity contribution in [3.8, 4) is 11.6 Å². The van der Waals surface area contributed by atoms with Crippen molar-refractivity contribution in [3.05, 3.63) is 18.1 Å². The van der Waals surface area contributed by atoms with E-state index in [0.717, 1.165) is 12.2 Å². The van der Waals surface area contributed by atoms with Gasteiger partial charge in [-0.05, 0) is 6.07 Å². The van der Waals surface area contributed by atoms with Gasteiger partial charge in [0.15, 0.2) is 0 Å². The Morgan fingerprint density at radius 1 is 1.53 bits per heavy atom. The second-order valence-corrected chi connectivity index (χ2v) is 3.86. The number of ether oxygens (including phenoxy) is 1. The van der Waals surface area contributed by atoms with Crippen LogP contribution in [0.25, 0.3) is 11.6 Å². The fourth-order valence-corrected chi connectivity index (χ4v) is 1.78. The van der Waals surface area contributed by atoms with Gasteiger partial charge in [0.2, 0.25) is 5.82 Å². The van der Waals surface area contributed by atoms with Gasteiger partial charge in [0.05, 0.1) is 6.61 Å². The summed E-state index contributed by atoms with van der Waals surface area (Å²) in [6, 6.07) is 1.83. The molecule has 1 N–H and O–H groups in total. The fourth-order valence-electron chi connectivity index (χ4n) is 1.78. The number of hydrogen-bond donors (Lipinski definition) is 1. The van der Waals surface area contributed by atoms with Crippen LogP contribution in [-0.2, 0) is 11.8 Å². The molecule has 2 aromatic heterocycles. The van der Waals surface area contributed by atoms with Crippen LogP contribution in [0.3, 0.4) is 0 Å². The lowest BCUT2D eigenvalue weighted by atomic mass is 10.3. The summed E-state index contributed by atoms with van der Waals surface area (Å²) in [6.07, 6.45) is 1.56. The van der Waals surface area contributed by atoms with Gasteiger partial charge in [-0.3, -0.25) is 4.68 Å². The van der Waals surface area contributed by atoms with Crippen molar-refractivity contribution in [3.63, 3.8) is 0 Å². The van der Waals surface area contributed by atoms with Crippen LogP contribution in [0.2, 0.25) is 0 Å². The molecule has 3 heterocycles. The highest BCUT2D eigenvalue weighted by Gasteiger charge is 2.22. The van der Waals surface area contributed by atoms with Crippen molar-refractivity contribution in [1.82, 2.24) is 25.2 Å². The molecule has 0 amide bonds. The van der Waals surface area contributed by atoms with Crippen molar-refractivity contribution in [2.75, 3.05) is 19.7 Å². The second-order valence-electron chi connectivity index (χ2n) is 3.86. The molecule has 0 aliphatic carbocycles. The summed E-state index contributed by atoms with van der Waals surface area (Å²) in [5.74, 6) is 1.04. The Balaban J connectivity index is 1.85. The van der Waals surface area contributed by atoms with Gasteiger partial charge in [-0.2, -0.15) is 10.1 Å². The Hall–Kier alpha value is -1.73. The summed E-state index contributed by atoms with van der Waals surface area (Å²) in [7, 11) is 1.83. The molecule has 2 aromatic rings. The van der Waals surface area contributed by atoms with Crippen molar-refractivity contribution in [2.24, 2.45) is 7.05 Å². The number of hydrogen-bond acceptors (Lipinski definition) is 6. The van der Waals surface area contributed by atoms with Crippen LogP contribution in [0, 0.1) is 0 Å². The van der Waals surface area contributed by atoms with Crippen LogP contribution in [-0.4, -0.2) is 39.6 Å². The van der Waals surface area contributed by atoms with Gasteiger partial charge in [0, 0.05) is 26.3 Å². The molecule has 3 rings (SSSR count). The SMILES string of the molecule is Cn1nccc1-c1nc(C2CNCCO2)no1. The average Bonchev–Trinajstić information content (AvgIpc) is 2.98. The van der Waals surface area contributed by atoms with E-state index in [4.69, 9.17) is 9.26 Å². The van der Waals surface area contributed by atoms with Gasteiger partial charge in [-0.25, -0.2) is 0 Å². The summed E-state index contributed by atoms with van der Waals surface area (Å²) < 4.78 is 12.5. The molecule has 0 radical (unpaired) electrons. The van der Waals surface area contributed by atoms with Crippen molar-refractivity contribution < 1.29 is 9.26 Å². The third-order valence-electron chi connectivity index (χ3n) is 2.70. The van der Waals surface area contributed by atoms with Crippen LogP contribution in [0.15, 0.2) is 16.8 Å². The minimum absolute atomic E-state index is 0.130. The Kier molecular flexibility index (Phi) is 2.62. The quantitative estimate of drug-likeness (QED) is 0.797. The number of aromatic nitrogens is 4. The van der Waals surface area contributed by atoms with Crippen molar-refractivity contribution in [1.29, 1.82) is 0 Å². The van der Waals surface area contributed by atoms with E-state index in [-0.39, 0.29) is 6.10 Å². The molecule has 1 unspecified atom stereocenters. The minimum atomic E-state index is -0.130. The van der Waals surface area contributed by atoms with Crippen LogP contribution in [0.4, 0.5) is 0 Å². The molecule has 0 saturated carbocycles. The standard InChI is InChI=1S/C10H13N5O2/c1-15-7(2-3-12-15)10-13-9(14-17-10)8-6-11-4-5-16-8/h2-3,8,11H,4-6H2,1H3. The predicted molar refractivity (Wildman–Crippen MR) is 58.1 cm³/mol. The third kappa shape index (κ3) is 1.94. The fraction of sp³-hybridized carbons (Fsp3) is 0.500. The lowest BCUT2D eigenvalue weighted by Crippen LogP contribution is -2.33. The topological polar surface area (TPSA) is 78.0 Å². The largest absolute Gasteiger partial charge is 0.367 e. The number of nitrogens with zero attached hydrogens (tertiary/aromatic N) is 4. The minimum Gasteiger partial charge on any atom is -0.367 e. The van der Waals surface area contributed by atoms with Crippen LogP contribution in [0.5, 0.6) is 0 Å². The molecule has 1 atom stereocenters. The molecule has 0 spiro atoms. The first-order chi connectivity index (χ1) is 8.34. The normalized spacial score (nSPS) is 20.6. The Morgan fingerprint density at radius 3 is 3.18 bits per heavy atom. The van der Waals surface area contributed by atoms with E-state index in [0.29, 0.717) is 24.9 Å². The predicted octanol–water partition coefficient (Wildman–Crippen LogP) is 0.131. The first-order valence-electron chi connectivity index (χ1n) is 5.49. The first-order valence-corrected chi connectivity index (χ1v) is 5.49. The van der Waals surface area contributed by atoms with Crippen molar-refractivity contribution >= 4 is 0 Å². The first kappa shape index (κ1) is 10.4. The number of aryl methyl sites for hydroxylation is 1. The van der Waals surface area contributed by atoms with E-state index in [1.807, 2.05) is 13.1 Å². The summed E-state index contributed by atoms with van der Waals surface area (Å²) in [6.45, 7) is 2.24. The van der Waals surface area contributed by atoms with Crippen LogP contribution < -0.4 is 5.32 Å². The third-order valence-corrected chi connectivity index (χ3v) is 2.70. The maximum Gasteiger partial charge on any atom is 0.276 e. The molecule has 1 aliphatic rings. The number of morpholine rings is 1. The summed E-state index contributed by atoms with van der Waals surface area (Å²) in [5, 5.41) is 11.2. The van der Waals surface area contributed by atoms with E-state index >= 15 is 0 Å². The molecular formula is C10H13N5O2. The summed E-state index contributed by atoms with van der Waals surface area (Å²) in [4.78, 5) is 4.33. The zero-order chi connectivity index (χ0) is 11.7. The van der Waals surface area contributed by atoms with Gasteiger partial charge < -0.3 is 14.6 Å². The van der Waals surface area contributed by atoms with Crippen LogP contribution in [0.1, 0.15) is 11.9 Å². The van der Waals surface area contributed by atoms with E-state index < -0.39 is 0 Å². The molecule has 17 heavy (non-hydrogen) atoms. The molecular weight excluding hydrogens is 222 g/mol. The molecule has 90 valence electrons. The molecule has 0 bridgehead atoms. The monoisotopic (exact) mass is 235 g/mol. The maximum atomic E-state index is 5.55. The highest BCUT2D eigenvalue weighted by atomic mass is 16.5. The van der Waals surface area contributed by atoms with E-state index in [1.54, 1.807) is 10.9 Å². The number of rotatable bonds is 2. The van der Waals surface area contributed by atoms with Gasteiger partial charge in [-0.1, -0.05) is 5.16 Å². The lowest BCUT2D eigenvalue weighted by Gasteiger charge is -2.20. The smallest absolute Gasteiger partial charge is 0.276 e. The molecule has 1 saturated heterocycles. The van der Waals surface area contributed by atoms with Gasteiger partial charge in [0.25, 0.3) is 5.89 Å². The van der Waals surface area contributed by atoms with Gasteiger partial charge >= 0.3 is 0 Å². The van der Waals surface area contributed by atoms with Crippen molar-refractivity contribution in [2.45, 2.75) is 6.10 Å². The van der Waals surface area contributed by atoms with E-state index in [2.05, 4.69) is 20.6 Å². The van der Waals surface area contributed by atoms with Gasteiger partial charge in [-0.15, -0.1) is 0 Å². The maximum absolute atomic E-state index is 5.55. The highest BCUT2D eigenvalue weighted by Crippen LogP contribution is 2.20. The highest BCUT2D eigenvalue weighted by molar-refractivity contribution is 5.45. The molecule has 0 aromatic carbocycles. The molecule has 1 aliphatic heterocycles.